The van der Waals surface area contributed by atoms with Crippen molar-refractivity contribution < 1.29 is 0 Å². The van der Waals surface area contributed by atoms with E-state index in [2.05, 4.69) is 25.9 Å². The van der Waals surface area contributed by atoms with Crippen LogP contribution in [0.15, 0.2) is 29.5 Å². The van der Waals surface area contributed by atoms with E-state index in [9.17, 15) is 0 Å². The average Bonchev–Trinajstić information content (AvgIpc) is 2.34. The molecule has 0 saturated heterocycles. The van der Waals surface area contributed by atoms with Crippen molar-refractivity contribution in [2.45, 2.75) is 40.2 Å². The maximum absolute atomic E-state index is 4.23. The fourth-order valence-electron chi connectivity index (χ4n) is 0.791. The Morgan fingerprint density at radius 3 is 2.15 bits per heavy atom. The Balaban J connectivity index is 0.000000671. The van der Waals surface area contributed by atoms with Crippen LogP contribution < -0.4 is 0 Å². The van der Waals surface area contributed by atoms with Gasteiger partial charge in [0, 0.05) is 12.4 Å². The molecule has 1 rings (SSSR count). The summed E-state index contributed by atoms with van der Waals surface area (Å²) in [6.45, 7) is 10.4. The maximum Gasteiger partial charge on any atom is 0.0543 e. The molecule has 0 N–H and O–H groups in total. The first-order valence-corrected chi connectivity index (χ1v) is 4.77. The summed E-state index contributed by atoms with van der Waals surface area (Å²) in [4.78, 5) is 0. The summed E-state index contributed by atoms with van der Waals surface area (Å²) in [6, 6.07) is 0. The van der Waals surface area contributed by atoms with Crippen LogP contribution in [0.3, 0.4) is 0 Å². The van der Waals surface area contributed by atoms with E-state index in [0.717, 1.165) is 0 Å². The molecular weight excluding hydrogens is 160 g/mol. The number of allylic oxidation sites excluding steroid dienone is 3. The van der Waals surface area contributed by atoms with Gasteiger partial charge in [-0.25, -0.2) is 0 Å². The third kappa shape index (κ3) is 4.51. The van der Waals surface area contributed by atoms with Crippen molar-refractivity contribution in [1.29, 1.82) is 0 Å². The number of hydrazone groups is 1. The van der Waals surface area contributed by atoms with Crippen molar-refractivity contribution in [3.8, 4) is 0 Å². The molecule has 0 aromatic heterocycles. The zero-order valence-electron chi connectivity index (χ0n) is 9.28. The SMILES string of the molecule is CC.CC(C)(C)N1C=CC=CC=N1. The summed E-state index contributed by atoms with van der Waals surface area (Å²) in [5.74, 6) is 0. The Morgan fingerprint density at radius 2 is 1.62 bits per heavy atom. The van der Waals surface area contributed by atoms with E-state index in [-0.39, 0.29) is 5.54 Å². The van der Waals surface area contributed by atoms with Gasteiger partial charge in [-0.3, -0.25) is 5.01 Å². The zero-order chi connectivity index (χ0) is 10.3. The largest absolute Gasteiger partial charge is 0.268 e. The van der Waals surface area contributed by atoms with Gasteiger partial charge in [0.1, 0.15) is 0 Å². The Hall–Kier alpha value is -1.05. The minimum atomic E-state index is 0.0685. The Morgan fingerprint density at radius 1 is 1.00 bits per heavy atom. The zero-order valence-corrected chi connectivity index (χ0v) is 9.28. The predicted molar refractivity (Wildman–Crippen MR) is 59.7 cm³/mol. The second-order valence-corrected chi connectivity index (χ2v) is 3.51. The normalized spacial score (nSPS) is 15.0. The smallest absolute Gasteiger partial charge is 0.0543 e. The molecule has 1 heterocycles. The van der Waals surface area contributed by atoms with Gasteiger partial charge in [0.25, 0.3) is 0 Å². The maximum atomic E-state index is 4.23. The van der Waals surface area contributed by atoms with Gasteiger partial charge >= 0.3 is 0 Å². The van der Waals surface area contributed by atoms with E-state index >= 15 is 0 Å². The quantitative estimate of drug-likeness (QED) is 0.559. The van der Waals surface area contributed by atoms with Gasteiger partial charge in [-0.15, -0.1) is 0 Å². The molecule has 0 saturated carbocycles. The molecular formula is C11H20N2. The van der Waals surface area contributed by atoms with Gasteiger partial charge in [-0.1, -0.05) is 19.9 Å². The molecule has 0 unspecified atom stereocenters. The van der Waals surface area contributed by atoms with Crippen LogP contribution in [0.5, 0.6) is 0 Å². The van der Waals surface area contributed by atoms with Crippen molar-refractivity contribution in [3.05, 3.63) is 24.4 Å². The Kier molecular flexibility index (Phi) is 5.12. The summed E-state index contributed by atoms with van der Waals surface area (Å²) in [7, 11) is 0. The molecule has 0 atom stereocenters. The highest BCUT2D eigenvalue weighted by atomic mass is 15.5. The van der Waals surface area contributed by atoms with Gasteiger partial charge in [0.2, 0.25) is 0 Å². The van der Waals surface area contributed by atoms with Crippen LogP contribution in [0, 0.1) is 0 Å². The highest BCUT2D eigenvalue weighted by Crippen LogP contribution is 2.14. The van der Waals surface area contributed by atoms with Crippen LogP contribution in [0.4, 0.5) is 0 Å². The van der Waals surface area contributed by atoms with Gasteiger partial charge in [-0.2, -0.15) is 5.10 Å². The van der Waals surface area contributed by atoms with E-state index < -0.39 is 0 Å². The second kappa shape index (κ2) is 5.57. The van der Waals surface area contributed by atoms with E-state index in [0.29, 0.717) is 0 Å². The summed E-state index contributed by atoms with van der Waals surface area (Å²) in [5.41, 5.74) is 0.0685. The fraction of sp³-hybridized carbons (Fsp3) is 0.545. The summed E-state index contributed by atoms with van der Waals surface area (Å²) in [5, 5.41) is 6.17. The number of rotatable bonds is 0. The first-order chi connectivity index (χ1) is 6.11. The molecule has 74 valence electrons. The summed E-state index contributed by atoms with van der Waals surface area (Å²) >= 11 is 0. The highest BCUT2D eigenvalue weighted by Gasteiger charge is 2.16. The van der Waals surface area contributed by atoms with Crippen LogP contribution in [0.25, 0.3) is 0 Å². The Labute approximate surface area is 81.6 Å². The van der Waals surface area contributed by atoms with E-state index in [1.54, 1.807) is 6.21 Å². The number of hydrogen-bond acceptors (Lipinski definition) is 2. The Bertz CT molecular complexity index is 191. The third-order valence-electron chi connectivity index (χ3n) is 1.41. The van der Waals surface area contributed by atoms with Crippen molar-refractivity contribution >= 4 is 6.21 Å². The molecule has 0 radical (unpaired) electrons. The van der Waals surface area contributed by atoms with Gasteiger partial charge < -0.3 is 0 Å². The molecule has 13 heavy (non-hydrogen) atoms. The molecule has 1 aliphatic rings. The minimum absolute atomic E-state index is 0.0685. The topological polar surface area (TPSA) is 15.6 Å². The first-order valence-electron chi connectivity index (χ1n) is 4.77. The molecule has 0 aliphatic carbocycles. The molecule has 0 bridgehead atoms. The van der Waals surface area contributed by atoms with Crippen molar-refractivity contribution in [2.75, 3.05) is 0 Å². The minimum Gasteiger partial charge on any atom is -0.268 e. The van der Waals surface area contributed by atoms with Gasteiger partial charge in [0.15, 0.2) is 0 Å². The van der Waals surface area contributed by atoms with Crippen LogP contribution in [-0.4, -0.2) is 16.8 Å². The summed E-state index contributed by atoms with van der Waals surface area (Å²) < 4.78 is 0. The van der Waals surface area contributed by atoms with E-state index in [1.807, 2.05) is 43.3 Å². The van der Waals surface area contributed by atoms with Gasteiger partial charge in [-0.05, 0) is 32.9 Å². The lowest BCUT2D eigenvalue weighted by molar-refractivity contribution is 0.216. The van der Waals surface area contributed by atoms with Crippen LogP contribution >= 0.6 is 0 Å². The molecule has 0 amide bonds. The second-order valence-electron chi connectivity index (χ2n) is 3.51. The monoisotopic (exact) mass is 180 g/mol. The average molecular weight is 180 g/mol. The predicted octanol–water partition coefficient (Wildman–Crippen LogP) is 3.18. The third-order valence-corrected chi connectivity index (χ3v) is 1.41. The molecule has 0 aromatic carbocycles. The van der Waals surface area contributed by atoms with E-state index in [4.69, 9.17) is 0 Å². The number of hydrogen-bond donors (Lipinski definition) is 0. The lowest BCUT2D eigenvalue weighted by atomic mass is 10.1. The van der Waals surface area contributed by atoms with E-state index in [1.165, 1.54) is 0 Å². The molecule has 0 fully saturated rings. The first kappa shape index (κ1) is 11.9. The standard InChI is InChI=1S/C9H14N2.C2H6/c1-9(2,3)11-8-6-4-5-7-10-11;1-2/h4-8H,1-3H3;1-2H3. The van der Waals surface area contributed by atoms with Crippen molar-refractivity contribution in [2.24, 2.45) is 5.10 Å². The molecule has 0 aromatic rings. The molecule has 0 spiro atoms. The molecule has 2 heteroatoms. The molecule has 1 aliphatic heterocycles. The lowest BCUT2D eigenvalue weighted by Gasteiger charge is -2.29. The highest BCUT2D eigenvalue weighted by molar-refractivity contribution is 5.71. The van der Waals surface area contributed by atoms with Crippen LogP contribution in [0.2, 0.25) is 0 Å². The fourth-order valence-corrected chi connectivity index (χ4v) is 0.791. The van der Waals surface area contributed by atoms with Crippen molar-refractivity contribution in [1.82, 2.24) is 5.01 Å². The van der Waals surface area contributed by atoms with Crippen molar-refractivity contribution in [3.63, 3.8) is 0 Å². The molecule has 2 nitrogen and oxygen atoms in total. The lowest BCUT2D eigenvalue weighted by Crippen LogP contribution is -2.32. The van der Waals surface area contributed by atoms with Gasteiger partial charge in [0.05, 0.1) is 5.54 Å². The van der Waals surface area contributed by atoms with Crippen LogP contribution in [0.1, 0.15) is 34.6 Å². The van der Waals surface area contributed by atoms with Crippen LogP contribution in [-0.2, 0) is 0 Å². The summed E-state index contributed by atoms with van der Waals surface area (Å²) in [6.07, 6.45) is 9.64. The number of nitrogens with zero attached hydrogens (tertiary/aromatic N) is 2.